The van der Waals surface area contributed by atoms with Crippen LogP contribution in [0.4, 0.5) is 5.69 Å². The topological polar surface area (TPSA) is 90.3 Å². The molecule has 2 N–H and O–H groups in total. The van der Waals surface area contributed by atoms with Crippen molar-refractivity contribution in [1.82, 2.24) is 14.9 Å². The average molecular weight is 490 g/mol. The molecule has 2 heterocycles. The van der Waals surface area contributed by atoms with Gasteiger partial charge in [0.15, 0.2) is 0 Å². The number of hydrogen-bond acceptors (Lipinski definition) is 7. The highest BCUT2D eigenvalue weighted by molar-refractivity contribution is 9.10. The van der Waals surface area contributed by atoms with E-state index >= 15 is 0 Å². The van der Waals surface area contributed by atoms with E-state index in [-0.39, 0.29) is 11.9 Å². The molecule has 0 saturated carbocycles. The lowest BCUT2D eigenvalue weighted by molar-refractivity contribution is -0.116. The number of ether oxygens (including phenoxy) is 2. The Morgan fingerprint density at radius 2 is 1.93 bits per heavy atom. The molecule has 1 amide bonds. The van der Waals surface area contributed by atoms with Gasteiger partial charge in [-0.1, -0.05) is 17.8 Å². The zero-order chi connectivity index (χ0) is 21.3. The Bertz CT molecular complexity index is 1070. The third-order valence-corrected chi connectivity index (χ3v) is 6.58. The van der Waals surface area contributed by atoms with Crippen LogP contribution in [0, 0.1) is 6.92 Å². The molecule has 1 aromatic heterocycles. The van der Waals surface area contributed by atoms with Crippen LogP contribution in [0.5, 0.6) is 11.5 Å². The summed E-state index contributed by atoms with van der Waals surface area (Å²) in [5.41, 5.74) is 5.02. The van der Waals surface area contributed by atoms with Crippen LogP contribution in [0.25, 0.3) is 0 Å². The van der Waals surface area contributed by atoms with Crippen LogP contribution in [0.2, 0.25) is 0 Å². The van der Waals surface area contributed by atoms with Gasteiger partial charge in [-0.2, -0.15) is 0 Å². The van der Waals surface area contributed by atoms with Crippen LogP contribution < -0.4 is 20.2 Å². The van der Waals surface area contributed by atoms with Crippen molar-refractivity contribution in [3.63, 3.8) is 0 Å². The number of rotatable bonds is 5. The van der Waals surface area contributed by atoms with Crippen LogP contribution in [0.15, 0.2) is 52.1 Å². The van der Waals surface area contributed by atoms with E-state index in [1.165, 1.54) is 11.8 Å². The second kappa shape index (κ2) is 8.57. The molecule has 156 valence electrons. The molecule has 1 aliphatic heterocycles. The monoisotopic (exact) mass is 489 g/mol. The first-order valence-electron chi connectivity index (χ1n) is 9.13. The van der Waals surface area contributed by atoms with Gasteiger partial charge in [-0.25, -0.2) is 4.68 Å². The maximum absolute atomic E-state index is 13.2. The van der Waals surface area contributed by atoms with Gasteiger partial charge >= 0.3 is 0 Å². The minimum Gasteiger partial charge on any atom is -0.497 e. The number of thioether (sulfide) groups is 1. The highest BCUT2D eigenvalue weighted by Gasteiger charge is 2.37. The molecule has 0 saturated heterocycles. The Labute approximate surface area is 186 Å². The van der Waals surface area contributed by atoms with E-state index in [1.807, 2.05) is 41.9 Å². The van der Waals surface area contributed by atoms with Gasteiger partial charge in [-0.3, -0.25) is 4.79 Å². The Hall–Kier alpha value is -2.72. The van der Waals surface area contributed by atoms with Crippen molar-refractivity contribution in [3.05, 3.63) is 58.3 Å². The Balaban J connectivity index is 1.65. The van der Waals surface area contributed by atoms with Crippen LogP contribution in [0.3, 0.4) is 0 Å². The van der Waals surface area contributed by atoms with Crippen LogP contribution >= 0.6 is 27.7 Å². The zero-order valence-corrected chi connectivity index (χ0v) is 19.0. The van der Waals surface area contributed by atoms with Crippen LogP contribution in [0.1, 0.15) is 17.4 Å². The maximum atomic E-state index is 13.2. The fraction of sp³-hybridized carbons (Fsp3) is 0.250. The number of aryl methyl sites for hydroxylation is 1. The summed E-state index contributed by atoms with van der Waals surface area (Å²) in [6, 6.07) is 12.7. The molecule has 0 aliphatic carbocycles. The predicted octanol–water partition coefficient (Wildman–Crippen LogP) is 3.76. The highest BCUT2D eigenvalue weighted by atomic mass is 79.9. The number of halogens is 1. The molecule has 0 radical (unpaired) electrons. The molecule has 1 aliphatic rings. The number of fused-ring (bicyclic) bond motifs is 1. The summed E-state index contributed by atoms with van der Waals surface area (Å²) >= 11 is 4.91. The van der Waals surface area contributed by atoms with E-state index in [2.05, 4.69) is 36.9 Å². The number of nitrogens with one attached hydrogen (secondary N) is 2. The smallest absolute Gasteiger partial charge is 0.240 e. The van der Waals surface area contributed by atoms with Crippen molar-refractivity contribution in [1.29, 1.82) is 0 Å². The van der Waals surface area contributed by atoms with E-state index in [4.69, 9.17) is 9.47 Å². The number of carbonyl (C=O) groups excluding carboxylic acids is 1. The summed E-state index contributed by atoms with van der Waals surface area (Å²) in [5.74, 6) is 2.04. The summed E-state index contributed by atoms with van der Waals surface area (Å²) < 4.78 is 13.1. The predicted molar refractivity (Wildman–Crippen MR) is 119 cm³/mol. The van der Waals surface area contributed by atoms with Gasteiger partial charge in [0.05, 0.1) is 24.7 Å². The highest BCUT2D eigenvalue weighted by Crippen LogP contribution is 2.39. The molecule has 3 aromatic rings. The van der Waals surface area contributed by atoms with Crippen LogP contribution in [-0.2, 0) is 4.79 Å². The van der Waals surface area contributed by atoms with E-state index in [0.29, 0.717) is 10.8 Å². The summed E-state index contributed by atoms with van der Waals surface area (Å²) in [4.78, 5) is 13.2. The van der Waals surface area contributed by atoms with Gasteiger partial charge in [-0.15, -0.1) is 10.2 Å². The minimum absolute atomic E-state index is 0.137. The van der Waals surface area contributed by atoms with Gasteiger partial charge in [0.25, 0.3) is 0 Å². The van der Waals surface area contributed by atoms with Gasteiger partial charge in [0, 0.05) is 5.69 Å². The van der Waals surface area contributed by atoms with Gasteiger partial charge in [-0.05, 0) is 64.8 Å². The molecular formula is C20H20BrN5O3S. The number of methoxy groups -OCH3 is 2. The molecule has 2 aromatic carbocycles. The van der Waals surface area contributed by atoms with E-state index in [1.54, 1.807) is 26.4 Å². The Kier molecular flexibility index (Phi) is 5.87. The fourth-order valence-electron chi connectivity index (χ4n) is 3.17. The first-order valence-corrected chi connectivity index (χ1v) is 10.8. The second-order valence-electron chi connectivity index (χ2n) is 6.62. The number of amides is 1. The molecule has 2 atom stereocenters. The largest absolute Gasteiger partial charge is 0.497 e. The zero-order valence-electron chi connectivity index (χ0n) is 16.5. The third kappa shape index (κ3) is 3.97. The summed E-state index contributed by atoms with van der Waals surface area (Å²) in [6.07, 6.45) is 0. The number of aromatic nitrogens is 3. The first kappa shape index (κ1) is 20.5. The number of hydrogen-bond donors (Lipinski definition) is 2. The normalized spacial score (nSPS) is 17.6. The van der Waals surface area contributed by atoms with Crippen molar-refractivity contribution in [3.8, 4) is 11.5 Å². The molecule has 30 heavy (non-hydrogen) atoms. The van der Waals surface area contributed by atoms with Crippen molar-refractivity contribution in [2.75, 3.05) is 25.0 Å². The molecule has 0 bridgehead atoms. The van der Waals surface area contributed by atoms with Gasteiger partial charge < -0.3 is 20.2 Å². The second-order valence-corrected chi connectivity index (χ2v) is 8.59. The fourth-order valence-corrected chi connectivity index (χ4v) is 4.86. The van der Waals surface area contributed by atoms with Crippen molar-refractivity contribution in [2.24, 2.45) is 0 Å². The molecule has 0 unspecified atom stereocenters. The number of carbonyl (C=O) groups is 1. The number of nitrogens with zero attached hydrogens (tertiary/aromatic N) is 3. The first-order chi connectivity index (χ1) is 14.5. The lowest BCUT2D eigenvalue weighted by atomic mass is 10.0. The van der Waals surface area contributed by atoms with Crippen molar-refractivity contribution < 1.29 is 14.3 Å². The van der Waals surface area contributed by atoms with E-state index in [0.717, 1.165) is 27.4 Å². The molecule has 0 spiro atoms. The Morgan fingerprint density at radius 1 is 1.17 bits per heavy atom. The summed E-state index contributed by atoms with van der Waals surface area (Å²) in [5, 5.41) is 11.5. The lowest BCUT2D eigenvalue weighted by Crippen LogP contribution is -2.41. The van der Waals surface area contributed by atoms with Gasteiger partial charge in [0.1, 0.15) is 22.6 Å². The SMILES string of the molecule is COc1ccc(NC(=O)[C@@H]2Sc3nnc(C)n3N[C@H]2c2ccc(OC)c(Br)c2)cc1. The third-order valence-electron chi connectivity index (χ3n) is 4.75. The summed E-state index contributed by atoms with van der Waals surface area (Å²) in [7, 11) is 3.22. The molecular weight excluding hydrogens is 470 g/mol. The summed E-state index contributed by atoms with van der Waals surface area (Å²) in [6.45, 7) is 1.86. The average Bonchev–Trinajstić information content (AvgIpc) is 3.13. The van der Waals surface area contributed by atoms with E-state index < -0.39 is 5.25 Å². The van der Waals surface area contributed by atoms with Gasteiger partial charge in [0.2, 0.25) is 11.1 Å². The van der Waals surface area contributed by atoms with E-state index in [9.17, 15) is 4.79 Å². The van der Waals surface area contributed by atoms with Crippen LogP contribution in [-0.4, -0.2) is 40.3 Å². The molecule has 8 nitrogen and oxygen atoms in total. The molecule has 4 rings (SSSR count). The standard InChI is InChI=1S/C20H20BrN5O3S/c1-11-23-24-20-26(11)25-17(12-4-9-16(29-3)15(21)10-12)18(30-20)19(27)22-13-5-7-14(28-2)8-6-13/h4-10,17-18,25H,1-3H3,(H,22,27)/t17-,18+/m0/s1. The quantitative estimate of drug-likeness (QED) is 0.563. The minimum atomic E-state index is -0.469. The number of anilines is 1. The molecule has 0 fully saturated rings. The lowest BCUT2D eigenvalue weighted by Gasteiger charge is -2.33. The Morgan fingerprint density at radius 3 is 2.60 bits per heavy atom. The number of benzene rings is 2. The van der Waals surface area contributed by atoms with Crippen molar-refractivity contribution >= 4 is 39.3 Å². The maximum Gasteiger partial charge on any atom is 0.240 e. The van der Waals surface area contributed by atoms with Crippen molar-refractivity contribution in [2.45, 2.75) is 23.4 Å². The molecule has 10 heteroatoms.